The van der Waals surface area contributed by atoms with Gasteiger partial charge in [-0.3, -0.25) is 9.78 Å². The first-order valence-electron chi connectivity index (χ1n) is 8.35. The van der Waals surface area contributed by atoms with Crippen LogP contribution in [0.15, 0.2) is 42.7 Å². The molecule has 2 aliphatic rings. The molecule has 4 nitrogen and oxygen atoms in total. The van der Waals surface area contributed by atoms with Crippen molar-refractivity contribution in [1.29, 1.82) is 0 Å². The number of rotatable bonds is 2. The quantitative estimate of drug-likeness (QED) is 0.853. The standard InChI is InChI=1S/C19H21N3O/c1-14-10-15-6-2-3-7-18(15)22(14)17-11-16(12-20-13-17)19(23)21-8-4-5-9-21/h2-3,6-7,11-14H,4-5,8-10H2,1H3. The largest absolute Gasteiger partial charge is 0.339 e. The van der Waals surface area contributed by atoms with Crippen molar-refractivity contribution in [2.24, 2.45) is 0 Å². The van der Waals surface area contributed by atoms with Gasteiger partial charge in [0.1, 0.15) is 0 Å². The minimum atomic E-state index is 0.108. The summed E-state index contributed by atoms with van der Waals surface area (Å²) in [6, 6.07) is 10.8. The van der Waals surface area contributed by atoms with Crippen LogP contribution in [0.3, 0.4) is 0 Å². The number of likely N-dealkylation sites (tertiary alicyclic amines) is 1. The second-order valence-corrected chi connectivity index (χ2v) is 6.48. The lowest BCUT2D eigenvalue weighted by atomic mass is 10.1. The number of benzene rings is 1. The molecule has 1 atom stereocenters. The Hall–Kier alpha value is -2.36. The molecule has 0 N–H and O–H groups in total. The summed E-state index contributed by atoms with van der Waals surface area (Å²) in [6.07, 6.45) is 6.79. The summed E-state index contributed by atoms with van der Waals surface area (Å²) in [5.41, 5.74) is 4.29. The van der Waals surface area contributed by atoms with Crippen LogP contribution < -0.4 is 4.90 Å². The van der Waals surface area contributed by atoms with E-state index in [4.69, 9.17) is 0 Å². The third-order valence-corrected chi connectivity index (χ3v) is 4.85. The lowest BCUT2D eigenvalue weighted by Gasteiger charge is -2.25. The fourth-order valence-electron chi connectivity index (χ4n) is 3.74. The summed E-state index contributed by atoms with van der Waals surface area (Å²) in [5, 5.41) is 0. The molecule has 4 rings (SSSR count). The van der Waals surface area contributed by atoms with Crippen molar-refractivity contribution in [3.05, 3.63) is 53.9 Å². The summed E-state index contributed by atoms with van der Waals surface area (Å²) in [7, 11) is 0. The van der Waals surface area contributed by atoms with Gasteiger partial charge in [-0.1, -0.05) is 18.2 Å². The fourth-order valence-corrected chi connectivity index (χ4v) is 3.74. The number of anilines is 2. The molecule has 1 unspecified atom stereocenters. The molecule has 1 aromatic heterocycles. The molecule has 2 aromatic rings. The highest BCUT2D eigenvalue weighted by Crippen LogP contribution is 2.38. The van der Waals surface area contributed by atoms with Gasteiger partial charge in [-0.25, -0.2) is 0 Å². The lowest BCUT2D eigenvalue weighted by molar-refractivity contribution is 0.0792. The van der Waals surface area contributed by atoms with E-state index in [2.05, 4.69) is 41.1 Å². The van der Waals surface area contributed by atoms with Crippen LogP contribution in [0, 0.1) is 0 Å². The summed E-state index contributed by atoms with van der Waals surface area (Å²) >= 11 is 0. The molecular weight excluding hydrogens is 286 g/mol. The van der Waals surface area contributed by atoms with E-state index in [0.29, 0.717) is 11.6 Å². The maximum Gasteiger partial charge on any atom is 0.255 e. The highest BCUT2D eigenvalue weighted by atomic mass is 16.2. The van der Waals surface area contributed by atoms with Crippen LogP contribution in [0.5, 0.6) is 0 Å². The highest BCUT2D eigenvalue weighted by molar-refractivity contribution is 5.95. The van der Waals surface area contributed by atoms with Gasteiger partial charge in [0.2, 0.25) is 0 Å². The van der Waals surface area contributed by atoms with Crippen molar-refractivity contribution >= 4 is 17.3 Å². The van der Waals surface area contributed by atoms with Gasteiger partial charge in [0.25, 0.3) is 5.91 Å². The Morgan fingerprint density at radius 3 is 2.78 bits per heavy atom. The van der Waals surface area contributed by atoms with Crippen molar-refractivity contribution in [2.45, 2.75) is 32.2 Å². The summed E-state index contributed by atoms with van der Waals surface area (Å²) in [5.74, 6) is 0.108. The Bertz CT molecular complexity index is 737. The average molecular weight is 307 g/mol. The minimum absolute atomic E-state index is 0.108. The van der Waals surface area contributed by atoms with Crippen molar-refractivity contribution in [1.82, 2.24) is 9.88 Å². The van der Waals surface area contributed by atoms with E-state index >= 15 is 0 Å². The van der Waals surface area contributed by atoms with Crippen LogP contribution in [-0.2, 0) is 6.42 Å². The van der Waals surface area contributed by atoms with Crippen LogP contribution in [-0.4, -0.2) is 34.9 Å². The number of pyridine rings is 1. The number of hydrogen-bond donors (Lipinski definition) is 0. The molecule has 1 saturated heterocycles. The number of carbonyl (C=O) groups excluding carboxylic acids is 1. The smallest absolute Gasteiger partial charge is 0.255 e. The molecule has 0 spiro atoms. The number of para-hydroxylation sites is 1. The van der Waals surface area contributed by atoms with Crippen LogP contribution in [0.25, 0.3) is 0 Å². The fraction of sp³-hybridized carbons (Fsp3) is 0.368. The molecule has 2 aliphatic heterocycles. The third kappa shape index (κ3) is 2.48. The number of hydrogen-bond acceptors (Lipinski definition) is 3. The predicted molar refractivity (Wildman–Crippen MR) is 91.1 cm³/mol. The second-order valence-electron chi connectivity index (χ2n) is 6.48. The van der Waals surface area contributed by atoms with E-state index in [-0.39, 0.29) is 5.91 Å². The van der Waals surface area contributed by atoms with Crippen molar-refractivity contribution in [2.75, 3.05) is 18.0 Å². The number of carbonyl (C=O) groups is 1. The first-order valence-corrected chi connectivity index (χ1v) is 8.35. The Morgan fingerprint density at radius 1 is 1.17 bits per heavy atom. The molecular formula is C19H21N3O. The van der Waals surface area contributed by atoms with Gasteiger partial charge in [0.05, 0.1) is 17.4 Å². The van der Waals surface area contributed by atoms with Crippen LogP contribution >= 0.6 is 0 Å². The molecule has 0 aliphatic carbocycles. The molecule has 3 heterocycles. The van der Waals surface area contributed by atoms with Gasteiger partial charge >= 0.3 is 0 Å². The second kappa shape index (κ2) is 5.69. The topological polar surface area (TPSA) is 36.4 Å². The normalized spacial score (nSPS) is 20.0. The van der Waals surface area contributed by atoms with Gasteiger partial charge in [-0.15, -0.1) is 0 Å². The SMILES string of the molecule is CC1Cc2ccccc2N1c1cncc(C(=O)N2CCCC2)c1. The van der Waals surface area contributed by atoms with Gasteiger partial charge < -0.3 is 9.80 Å². The molecule has 0 bridgehead atoms. The van der Waals surface area contributed by atoms with Crippen LogP contribution in [0.4, 0.5) is 11.4 Å². The van der Waals surface area contributed by atoms with E-state index in [9.17, 15) is 4.79 Å². The maximum absolute atomic E-state index is 12.6. The molecule has 1 aromatic carbocycles. The van der Waals surface area contributed by atoms with Crippen molar-refractivity contribution in [3.8, 4) is 0 Å². The molecule has 118 valence electrons. The Morgan fingerprint density at radius 2 is 1.96 bits per heavy atom. The molecule has 4 heteroatoms. The highest BCUT2D eigenvalue weighted by Gasteiger charge is 2.28. The summed E-state index contributed by atoms with van der Waals surface area (Å²) in [4.78, 5) is 21.2. The van der Waals surface area contributed by atoms with E-state index in [1.165, 1.54) is 11.3 Å². The first kappa shape index (κ1) is 14.2. The molecule has 0 saturated carbocycles. The predicted octanol–water partition coefficient (Wildman–Crippen LogP) is 3.40. The first-order chi connectivity index (χ1) is 11.2. The zero-order valence-electron chi connectivity index (χ0n) is 13.4. The van der Waals surface area contributed by atoms with E-state index < -0.39 is 0 Å². The Labute approximate surface area is 136 Å². The van der Waals surface area contributed by atoms with E-state index in [1.54, 1.807) is 6.20 Å². The summed E-state index contributed by atoms with van der Waals surface area (Å²) in [6.45, 7) is 3.95. The average Bonchev–Trinajstić information content (AvgIpc) is 3.21. The van der Waals surface area contributed by atoms with E-state index in [0.717, 1.165) is 38.0 Å². The summed E-state index contributed by atoms with van der Waals surface area (Å²) < 4.78 is 0. The molecule has 1 amide bonds. The minimum Gasteiger partial charge on any atom is -0.339 e. The van der Waals surface area contributed by atoms with Crippen LogP contribution in [0.2, 0.25) is 0 Å². The Balaban J connectivity index is 1.67. The third-order valence-electron chi connectivity index (χ3n) is 4.85. The van der Waals surface area contributed by atoms with Crippen molar-refractivity contribution in [3.63, 3.8) is 0 Å². The number of nitrogens with zero attached hydrogens (tertiary/aromatic N) is 3. The molecule has 1 fully saturated rings. The van der Waals surface area contributed by atoms with Gasteiger partial charge in [0.15, 0.2) is 0 Å². The van der Waals surface area contributed by atoms with Crippen molar-refractivity contribution < 1.29 is 4.79 Å². The monoisotopic (exact) mass is 307 g/mol. The van der Waals surface area contributed by atoms with Gasteiger partial charge in [-0.2, -0.15) is 0 Å². The van der Waals surface area contributed by atoms with Gasteiger partial charge in [-0.05, 0) is 43.9 Å². The van der Waals surface area contributed by atoms with E-state index in [1.807, 2.05) is 17.2 Å². The van der Waals surface area contributed by atoms with Gasteiger partial charge in [0, 0.05) is 31.0 Å². The molecule has 23 heavy (non-hydrogen) atoms. The molecule has 0 radical (unpaired) electrons. The number of amides is 1. The number of fused-ring (bicyclic) bond motifs is 1. The zero-order valence-corrected chi connectivity index (χ0v) is 13.4. The lowest BCUT2D eigenvalue weighted by Crippen LogP contribution is -2.28. The maximum atomic E-state index is 12.6. The zero-order chi connectivity index (χ0) is 15.8. The van der Waals surface area contributed by atoms with Crippen LogP contribution in [0.1, 0.15) is 35.7 Å². The number of aromatic nitrogens is 1. The Kier molecular flexibility index (Phi) is 3.52.